The van der Waals surface area contributed by atoms with Gasteiger partial charge in [-0.1, -0.05) is 30.3 Å². The maximum Gasteiger partial charge on any atom is 0.422 e. The van der Waals surface area contributed by atoms with Gasteiger partial charge in [0, 0.05) is 11.3 Å². The summed E-state index contributed by atoms with van der Waals surface area (Å²) >= 11 is 0. The van der Waals surface area contributed by atoms with Crippen LogP contribution in [0.5, 0.6) is 5.75 Å². The number of nitrogens with one attached hydrogen (secondary N) is 1. The molecular formula is C23H17F3N2O4S. The molecule has 0 atom stereocenters. The van der Waals surface area contributed by atoms with Crippen molar-refractivity contribution < 1.29 is 31.1 Å². The van der Waals surface area contributed by atoms with E-state index in [0.29, 0.717) is 5.56 Å². The van der Waals surface area contributed by atoms with Gasteiger partial charge in [0.1, 0.15) is 11.8 Å². The van der Waals surface area contributed by atoms with Crippen molar-refractivity contribution in [2.24, 2.45) is 0 Å². The number of halogens is 3. The first-order valence-electron chi connectivity index (χ1n) is 9.49. The van der Waals surface area contributed by atoms with Crippen LogP contribution >= 0.6 is 0 Å². The van der Waals surface area contributed by atoms with E-state index in [-0.39, 0.29) is 33.2 Å². The Kier molecular flexibility index (Phi) is 7.04. The quantitative estimate of drug-likeness (QED) is 0.534. The number of benzene rings is 3. The molecule has 170 valence electrons. The van der Waals surface area contributed by atoms with E-state index in [1.165, 1.54) is 36.4 Å². The van der Waals surface area contributed by atoms with Crippen LogP contribution in [0.1, 0.15) is 21.5 Å². The topological polar surface area (TPSA) is 96.3 Å². The van der Waals surface area contributed by atoms with Gasteiger partial charge in [0.05, 0.1) is 16.2 Å². The van der Waals surface area contributed by atoms with Crippen LogP contribution in [0.15, 0.2) is 77.7 Å². The number of ether oxygens (including phenoxy) is 1. The first-order valence-corrected chi connectivity index (χ1v) is 11.1. The molecule has 0 aromatic heterocycles. The Labute approximate surface area is 188 Å². The molecule has 0 radical (unpaired) electrons. The van der Waals surface area contributed by atoms with E-state index in [2.05, 4.69) is 10.1 Å². The number of hydrogen-bond donors (Lipinski definition) is 1. The van der Waals surface area contributed by atoms with Gasteiger partial charge in [0.15, 0.2) is 16.4 Å². The molecule has 0 bridgehead atoms. The van der Waals surface area contributed by atoms with Crippen molar-refractivity contribution in [2.45, 2.75) is 16.8 Å². The van der Waals surface area contributed by atoms with Crippen molar-refractivity contribution in [2.75, 3.05) is 11.9 Å². The summed E-state index contributed by atoms with van der Waals surface area (Å²) in [5, 5.41) is 11.7. The minimum Gasteiger partial charge on any atom is -0.483 e. The standard InChI is InChI=1S/C23H17F3N2O4S/c24-23(25,26)15-32-21-10-9-19(12-18(21)13-27)28-22(29)17-6-4-5-16(11-17)14-33(30,31)20-7-2-1-3-8-20/h1-12H,14-15H2,(H,28,29). The number of anilines is 1. The van der Waals surface area contributed by atoms with E-state index in [1.807, 2.05) is 0 Å². The lowest BCUT2D eigenvalue weighted by Crippen LogP contribution is -2.19. The third kappa shape index (κ3) is 6.57. The van der Waals surface area contributed by atoms with Gasteiger partial charge in [-0.05, 0) is 48.0 Å². The van der Waals surface area contributed by atoms with Crippen molar-refractivity contribution in [1.29, 1.82) is 5.26 Å². The Morgan fingerprint density at radius 3 is 2.39 bits per heavy atom. The summed E-state index contributed by atoms with van der Waals surface area (Å²) in [6, 6.07) is 19.3. The number of carbonyl (C=O) groups excluding carboxylic acids is 1. The molecule has 3 aromatic rings. The molecule has 0 fully saturated rings. The molecule has 0 aliphatic rings. The molecule has 0 saturated heterocycles. The number of alkyl halides is 3. The molecule has 6 nitrogen and oxygen atoms in total. The molecule has 3 aromatic carbocycles. The van der Waals surface area contributed by atoms with Gasteiger partial charge in [-0.25, -0.2) is 8.42 Å². The van der Waals surface area contributed by atoms with Crippen LogP contribution in [0, 0.1) is 11.3 Å². The third-order valence-corrected chi connectivity index (χ3v) is 6.10. The van der Waals surface area contributed by atoms with Gasteiger partial charge in [-0.15, -0.1) is 0 Å². The van der Waals surface area contributed by atoms with Crippen molar-refractivity contribution in [3.05, 3.63) is 89.5 Å². The number of sulfone groups is 1. The number of nitriles is 1. The number of nitrogens with zero attached hydrogens (tertiary/aromatic N) is 1. The molecule has 0 heterocycles. The number of rotatable bonds is 7. The van der Waals surface area contributed by atoms with Crippen molar-refractivity contribution in [1.82, 2.24) is 0 Å². The van der Waals surface area contributed by atoms with E-state index in [0.717, 1.165) is 6.07 Å². The Bertz CT molecular complexity index is 1300. The highest BCUT2D eigenvalue weighted by atomic mass is 32.2. The highest BCUT2D eigenvalue weighted by Gasteiger charge is 2.29. The van der Waals surface area contributed by atoms with Crippen LogP contribution in [0.2, 0.25) is 0 Å². The smallest absolute Gasteiger partial charge is 0.422 e. The second-order valence-electron chi connectivity index (χ2n) is 6.95. The van der Waals surface area contributed by atoms with E-state index in [4.69, 9.17) is 0 Å². The summed E-state index contributed by atoms with van der Waals surface area (Å²) in [6.07, 6.45) is -4.56. The lowest BCUT2D eigenvalue weighted by Gasteiger charge is -2.12. The van der Waals surface area contributed by atoms with Gasteiger partial charge in [0.2, 0.25) is 0 Å². The fourth-order valence-corrected chi connectivity index (χ4v) is 4.27. The minimum absolute atomic E-state index is 0.164. The lowest BCUT2D eigenvalue weighted by atomic mass is 10.1. The van der Waals surface area contributed by atoms with E-state index >= 15 is 0 Å². The van der Waals surface area contributed by atoms with Gasteiger partial charge in [0.25, 0.3) is 5.91 Å². The zero-order chi connectivity index (χ0) is 24.1. The normalized spacial score (nSPS) is 11.5. The Balaban J connectivity index is 1.74. The summed E-state index contributed by atoms with van der Waals surface area (Å²) in [4.78, 5) is 12.8. The van der Waals surface area contributed by atoms with Crippen LogP contribution in [0.4, 0.5) is 18.9 Å². The summed E-state index contributed by atoms with van der Waals surface area (Å²) in [6.45, 7) is -1.55. The SMILES string of the molecule is N#Cc1cc(NC(=O)c2cccc(CS(=O)(=O)c3ccccc3)c2)ccc1OCC(F)(F)F. The fourth-order valence-electron chi connectivity index (χ4n) is 2.92. The monoisotopic (exact) mass is 474 g/mol. The Morgan fingerprint density at radius 2 is 1.73 bits per heavy atom. The second-order valence-corrected chi connectivity index (χ2v) is 8.94. The largest absolute Gasteiger partial charge is 0.483 e. The van der Waals surface area contributed by atoms with Gasteiger partial charge >= 0.3 is 6.18 Å². The molecule has 1 N–H and O–H groups in total. The van der Waals surface area contributed by atoms with Crippen LogP contribution in [-0.2, 0) is 15.6 Å². The predicted molar refractivity (Wildman–Crippen MR) is 114 cm³/mol. The van der Waals surface area contributed by atoms with Crippen LogP contribution in [-0.4, -0.2) is 27.1 Å². The average molecular weight is 474 g/mol. The van der Waals surface area contributed by atoms with E-state index < -0.39 is 28.5 Å². The van der Waals surface area contributed by atoms with E-state index in [1.54, 1.807) is 36.4 Å². The molecule has 3 rings (SSSR count). The molecule has 0 spiro atoms. The first kappa shape index (κ1) is 23.8. The number of carbonyl (C=O) groups is 1. The van der Waals surface area contributed by atoms with Gasteiger partial charge in [-0.3, -0.25) is 4.79 Å². The lowest BCUT2D eigenvalue weighted by molar-refractivity contribution is -0.153. The average Bonchev–Trinajstić information content (AvgIpc) is 2.78. The zero-order valence-corrected chi connectivity index (χ0v) is 17.8. The maximum absolute atomic E-state index is 12.6. The van der Waals surface area contributed by atoms with Gasteiger partial charge < -0.3 is 10.1 Å². The number of hydrogen-bond acceptors (Lipinski definition) is 5. The van der Waals surface area contributed by atoms with Crippen LogP contribution in [0.3, 0.4) is 0 Å². The van der Waals surface area contributed by atoms with E-state index in [9.17, 15) is 31.6 Å². The van der Waals surface area contributed by atoms with Crippen LogP contribution < -0.4 is 10.1 Å². The Hall–Kier alpha value is -3.84. The molecule has 0 aliphatic heterocycles. The molecular weight excluding hydrogens is 457 g/mol. The summed E-state index contributed by atoms with van der Waals surface area (Å²) in [5.41, 5.74) is 0.560. The summed E-state index contributed by atoms with van der Waals surface area (Å²) < 4.78 is 66.8. The van der Waals surface area contributed by atoms with Crippen molar-refractivity contribution >= 4 is 21.4 Å². The zero-order valence-electron chi connectivity index (χ0n) is 17.0. The maximum atomic E-state index is 12.6. The van der Waals surface area contributed by atoms with Crippen LogP contribution in [0.25, 0.3) is 0 Å². The first-order chi connectivity index (χ1) is 15.6. The minimum atomic E-state index is -4.56. The molecule has 33 heavy (non-hydrogen) atoms. The van der Waals surface area contributed by atoms with Gasteiger partial charge in [-0.2, -0.15) is 18.4 Å². The molecule has 1 amide bonds. The molecule has 0 saturated carbocycles. The Morgan fingerprint density at radius 1 is 1.00 bits per heavy atom. The highest BCUT2D eigenvalue weighted by Crippen LogP contribution is 2.25. The fraction of sp³-hybridized carbons (Fsp3) is 0.130. The van der Waals surface area contributed by atoms with Crippen molar-refractivity contribution in [3.8, 4) is 11.8 Å². The highest BCUT2D eigenvalue weighted by molar-refractivity contribution is 7.90. The predicted octanol–water partition coefficient (Wildman–Crippen LogP) is 4.73. The van der Waals surface area contributed by atoms with Crippen molar-refractivity contribution in [3.63, 3.8) is 0 Å². The second kappa shape index (κ2) is 9.75. The molecule has 0 unspecified atom stereocenters. The molecule has 0 aliphatic carbocycles. The number of amides is 1. The summed E-state index contributed by atoms with van der Waals surface area (Å²) in [7, 11) is -3.61. The summed E-state index contributed by atoms with van der Waals surface area (Å²) in [5.74, 6) is -1.15. The third-order valence-electron chi connectivity index (χ3n) is 4.40. The molecule has 10 heteroatoms.